The van der Waals surface area contributed by atoms with Crippen molar-refractivity contribution in [2.75, 3.05) is 19.7 Å². The average Bonchev–Trinajstić information content (AvgIpc) is 2.43. The van der Waals surface area contributed by atoms with Crippen molar-refractivity contribution in [2.24, 2.45) is 5.73 Å². The van der Waals surface area contributed by atoms with Crippen LogP contribution in [0.1, 0.15) is 31.2 Å². The summed E-state index contributed by atoms with van der Waals surface area (Å²) in [6.45, 7) is 1.98. The highest BCUT2D eigenvalue weighted by Gasteiger charge is 2.05. The van der Waals surface area contributed by atoms with Crippen LogP contribution in [0.4, 0.5) is 0 Å². The topological polar surface area (TPSA) is 58.3 Å². The molecule has 0 amide bonds. The van der Waals surface area contributed by atoms with Gasteiger partial charge in [-0.1, -0.05) is 30.3 Å². The molecular weight excluding hydrogens is 224 g/mol. The van der Waals surface area contributed by atoms with E-state index in [0.717, 1.165) is 38.6 Å². The van der Waals surface area contributed by atoms with E-state index >= 15 is 0 Å². The molecule has 1 atom stereocenters. The SMILES string of the molecule is NCC(CCc1ccccc1)NCCCCCO. The smallest absolute Gasteiger partial charge is 0.0431 e. The van der Waals surface area contributed by atoms with Gasteiger partial charge in [-0.05, 0) is 44.2 Å². The zero-order chi connectivity index (χ0) is 13.1. The van der Waals surface area contributed by atoms with Crippen LogP contribution < -0.4 is 11.1 Å². The number of nitrogens with one attached hydrogen (secondary N) is 1. The molecule has 0 aliphatic rings. The number of aliphatic hydroxyl groups is 1. The molecule has 0 radical (unpaired) electrons. The molecule has 3 heteroatoms. The van der Waals surface area contributed by atoms with Crippen molar-refractivity contribution in [3.8, 4) is 0 Å². The summed E-state index contributed by atoms with van der Waals surface area (Å²) in [6, 6.07) is 10.9. The van der Waals surface area contributed by atoms with Crippen LogP contribution in [-0.4, -0.2) is 30.8 Å². The minimum atomic E-state index is 0.300. The van der Waals surface area contributed by atoms with Gasteiger partial charge in [0.15, 0.2) is 0 Å². The largest absolute Gasteiger partial charge is 0.396 e. The van der Waals surface area contributed by atoms with Gasteiger partial charge in [-0.15, -0.1) is 0 Å². The van der Waals surface area contributed by atoms with Gasteiger partial charge in [-0.25, -0.2) is 0 Å². The third kappa shape index (κ3) is 6.74. The van der Waals surface area contributed by atoms with Crippen LogP contribution in [0.3, 0.4) is 0 Å². The van der Waals surface area contributed by atoms with Crippen LogP contribution in [0.5, 0.6) is 0 Å². The van der Waals surface area contributed by atoms with Crippen molar-refractivity contribution >= 4 is 0 Å². The summed E-state index contributed by atoms with van der Waals surface area (Å²) in [6.07, 6.45) is 5.26. The van der Waals surface area contributed by atoms with Gasteiger partial charge >= 0.3 is 0 Å². The Morgan fingerprint density at radius 3 is 2.56 bits per heavy atom. The first kappa shape index (κ1) is 15.2. The molecule has 0 spiro atoms. The lowest BCUT2D eigenvalue weighted by Gasteiger charge is -2.16. The number of rotatable bonds is 10. The van der Waals surface area contributed by atoms with Crippen LogP contribution in [0.15, 0.2) is 30.3 Å². The third-order valence-electron chi connectivity index (χ3n) is 3.18. The first-order valence-electron chi connectivity index (χ1n) is 6.95. The maximum atomic E-state index is 8.69. The van der Waals surface area contributed by atoms with Gasteiger partial charge in [0.2, 0.25) is 0 Å². The van der Waals surface area contributed by atoms with Crippen molar-refractivity contribution < 1.29 is 5.11 Å². The Kier molecular flexibility index (Phi) is 8.47. The van der Waals surface area contributed by atoms with Crippen LogP contribution in [0.25, 0.3) is 0 Å². The summed E-state index contributed by atoms with van der Waals surface area (Å²) >= 11 is 0. The highest BCUT2D eigenvalue weighted by Crippen LogP contribution is 2.04. The van der Waals surface area contributed by atoms with E-state index in [4.69, 9.17) is 10.8 Å². The van der Waals surface area contributed by atoms with Crippen LogP contribution in [0, 0.1) is 0 Å². The van der Waals surface area contributed by atoms with Gasteiger partial charge in [0.05, 0.1) is 0 Å². The Morgan fingerprint density at radius 1 is 1.11 bits per heavy atom. The average molecular weight is 250 g/mol. The van der Waals surface area contributed by atoms with E-state index in [-0.39, 0.29) is 0 Å². The molecule has 0 saturated carbocycles. The number of benzene rings is 1. The predicted molar refractivity (Wildman–Crippen MR) is 76.5 cm³/mol. The van der Waals surface area contributed by atoms with Crippen LogP contribution in [-0.2, 0) is 6.42 Å². The number of aliphatic hydroxyl groups excluding tert-OH is 1. The molecule has 1 rings (SSSR count). The summed E-state index contributed by atoms with van der Waals surface area (Å²) in [7, 11) is 0. The molecule has 102 valence electrons. The second kappa shape index (κ2) is 10.1. The Hall–Kier alpha value is -0.900. The predicted octanol–water partition coefficient (Wildman–Crippen LogP) is 1.70. The summed E-state index contributed by atoms with van der Waals surface area (Å²) < 4.78 is 0. The van der Waals surface area contributed by atoms with Crippen molar-refractivity contribution in [3.63, 3.8) is 0 Å². The van der Waals surface area contributed by atoms with E-state index in [0.29, 0.717) is 19.2 Å². The summed E-state index contributed by atoms with van der Waals surface area (Å²) in [5.74, 6) is 0. The standard InChI is InChI=1S/C15H26N2O/c16-13-15(17-11-5-2-6-12-18)10-9-14-7-3-1-4-8-14/h1,3-4,7-8,15,17-18H,2,5-6,9-13,16H2. The molecule has 4 N–H and O–H groups in total. The lowest BCUT2D eigenvalue weighted by molar-refractivity contribution is 0.282. The van der Waals surface area contributed by atoms with E-state index in [1.165, 1.54) is 5.56 Å². The normalized spacial score (nSPS) is 12.6. The Labute approximate surface area is 110 Å². The molecule has 0 aliphatic heterocycles. The molecular formula is C15H26N2O. The first-order valence-corrected chi connectivity index (χ1v) is 6.95. The fourth-order valence-corrected chi connectivity index (χ4v) is 2.01. The van der Waals surface area contributed by atoms with Gasteiger partial charge in [0.1, 0.15) is 0 Å². The molecule has 0 aliphatic carbocycles. The van der Waals surface area contributed by atoms with Gasteiger partial charge in [-0.3, -0.25) is 0 Å². The zero-order valence-electron chi connectivity index (χ0n) is 11.1. The second-order valence-corrected chi connectivity index (χ2v) is 4.70. The molecule has 1 aromatic carbocycles. The van der Waals surface area contributed by atoms with E-state index in [1.807, 2.05) is 6.07 Å². The molecule has 1 aromatic rings. The minimum Gasteiger partial charge on any atom is -0.396 e. The molecule has 0 bridgehead atoms. The molecule has 1 unspecified atom stereocenters. The fraction of sp³-hybridized carbons (Fsp3) is 0.600. The highest BCUT2D eigenvalue weighted by atomic mass is 16.2. The highest BCUT2D eigenvalue weighted by molar-refractivity contribution is 5.14. The molecule has 0 fully saturated rings. The van der Waals surface area contributed by atoms with Crippen molar-refractivity contribution in [2.45, 2.75) is 38.1 Å². The van der Waals surface area contributed by atoms with Crippen molar-refractivity contribution in [3.05, 3.63) is 35.9 Å². The van der Waals surface area contributed by atoms with E-state index in [9.17, 15) is 0 Å². The van der Waals surface area contributed by atoms with Gasteiger partial charge in [0, 0.05) is 19.2 Å². The zero-order valence-corrected chi connectivity index (χ0v) is 11.1. The Morgan fingerprint density at radius 2 is 1.89 bits per heavy atom. The van der Waals surface area contributed by atoms with Gasteiger partial charge < -0.3 is 16.2 Å². The number of nitrogens with two attached hydrogens (primary N) is 1. The second-order valence-electron chi connectivity index (χ2n) is 4.70. The van der Waals surface area contributed by atoms with Crippen LogP contribution in [0.2, 0.25) is 0 Å². The van der Waals surface area contributed by atoms with Gasteiger partial charge in [0.25, 0.3) is 0 Å². The number of aryl methyl sites for hydroxylation is 1. The maximum Gasteiger partial charge on any atom is 0.0431 e. The summed E-state index contributed by atoms with van der Waals surface area (Å²) in [5.41, 5.74) is 7.15. The Balaban J connectivity index is 2.13. The molecule has 0 heterocycles. The lowest BCUT2D eigenvalue weighted by Crippen LogP contribution is -2.37. The molecule has 3 nitrogen and oxygen atoms in total. The summed E-state index contributed by atoms with van der Waals surface area (Å²) in [4.78, 5) is 0. The quantitative estimate of drug-likeness (QED) is 0.554. The molecule has 0 aromatic heterocycles. The first-order chi connectivity index (χ1) is 8.86. The fourth-order valence-electron chi connectivity index (χ4n) is 2.01. The van der Waals surface area contributed by atoms with E-state index in [2.05, 4.69) is 29.6 Å². The third-order valence-corrected chi connectivity index (χ3v) is 3.18. The van der Waals surface area contributed by atoms with E-state index in [1.54, 1.807) is 0 Å². The van der Waals surface area contributed by atoms with Crippen molar-refractivity contribution in [1.82, 2.24) is 5.32 Å². The molecule has 18 heavy (non-hydrogen) atoms. The number of hydrogen-bond donors (Lipinski definition) is 3. The van der Waals surface area contributed by atoms with Gasteiger partial charge in [-0.2, -0.15) is 0 Å². The monoisotopic (exact) mass is 250 g/mol. The number of unbranched alkanes of at least 4 members (excludes halogenated alkanes) is 2. The lowest BCUT2D eigenvalue weighted by atomic mass is 10.1. The summed E-state index contributed by atoms with van der Waals surface area (Å²) in [5, 5.41) is 12.2. The minimum absolute atomic E-state index is 0.300. The Bertz CT molecular complexity index is 290. The maximum absolute atomic E-state index is 8.69. The molecule has 0 saturated heterocycles. The number of hydrogen-bond acceptors (Lipinski definition) is 3. The van der Waals surface area contributed by atoms with Crippen molar-refractivity contribution in [1.29, 1.82) is 0 Å². The van der Waals surface area contributed by atoms with Crippen LogP contribution >= 0.6 is 0 Å². The van der Waals surface area contributed by atoms with E-state index < -0.39 is 0 Å².